The first-order valence-corrected chi connectivity index (χ1v) is 11.3. The van der Waals surface area contributed by atoms with Crippen LogP contribution < -0.4 is 0 Å². The van der Waals surface area contributed by atoms with Crippen LogP contribution in [0, 0.1) is 31.1 Å². The molecule has 0 saturated heterocycles. The third kappa shape index (κ3) is 2.93. The van der Waals surface area contributed by atoms with Crippen LogP contribution in [0.25, 0.3) is 0 Å². The van der Waals surface area contributed by atoms with Crippen molar-refractivity contribution in [2.24, 2.45) is 34.5 Å². The Hall–Kier alpha value is -2.43. The molecule has 0 spiro atoms. The van der Waals surface area contributed by atoms with E-state index in [0.29, 0.717) is 17.6 Å². The third-order valence-corrected chi connectivity index (χ3v) is 8.38. The van der Waals surface area contributed by atoms with E-state index in [1.165, 1.54) is 42.5 Å². The van der Waals surface area contributed by atoms with Gasteiger partial charge >= 0.3 is 0 Å². The Balaban J connectivity index is 1.39. The fraction of sp³-hybridized carbons (Fsp3) is 0.560. The van der Waals surface area contributed by atoms with Gasteiger partial charge in [0.05, 0.1) is 11.9 Å². The van der Waals surface area contributed by atoms with E-state index in [1.54, 1.807) is 0 Å². The fourth-order valence-corrected chi connectivity index (χ4v) is 6.65. The van der Waals surface area contributed by atoms with Crippen LogP contribution in [0.3, 0.4) is 0 Å². The van der Waals surface area contributed by atoms with Crippen LogP contribution in [0.4, 0.5) is 0 Å². The van der Waals surface area contributed by atoms with E-state index in [1.807, 2.05) is 37.0 Å². The molecule has 1 aromatic carbocycles. The Morgan fingerprint density at radius 1 is 1.20 bits per heavy atom. The van der Waals surface area contributed by atoms with Gasteiger partial charge in [0.15, 0.2) is 0 Å². The summed E-state index contributed by atoms with van der Waals surface area (Å²) in [5, 5.41) is 23.6. The van der Waals surface area contributed by atoms with Crippen molar-refractivity contribution in [3.05, 3.63) is 46.3 Å². The topological polar surface area (TPSA) is 62.8 Å². The lowest BCUT2D eigenvalue weighted by atomic mass is 9.55. The normalized spacial score (nSPS) is 31.7. The van der Waals surface area contributed by atoms with E-state index in [4.69, 9.17) is 5.10 Å². The minimum absolute atomic E-state index is 0.173. The van der Waals surface area contributed by atoms with Gasteiger partial charge in [-0.15, -0.1) is 0 Å². The highest BCUT2D eigenvalue weighted by Gasteiger charge is 2.53. The summed E-state index contributed by atoms with van der Waals surface area (Å²) < 4.78 is 1.90. The number of aromatic hydroxyl groups is 1. The Bertz CT molecular complexity index is 1050. The predicted molar refractivity (Wildman–Crippen MR) is 120 cm³/mol. The quantitative estimate of drug-likeness (QED) is 0.561. The first-order valence-electron chi connectivity index (χ1n) is 11.3. The molecule has 4 atom stereocenters. The van der Waals surface area contributed by atoms with Crippen molar-refractivity contribution in [2.75, 3.05) is 0 Å². The lowest BCUT2D eigenvalue weighted by Crippen LogP contribution is -2.42. The second-order valence-corrected chi connectivity index (χ2v) is 9.79. The maximum Gasteiger partial charge on any atom is 0.115 e. The third-order valence-electron chi connectivity index (χ3n) is 8.38. The standard InChI is InChI=1S/C25H32N4O/c1-15-22(16(2)29(4)28-15)14-26-27-24-10-9-23-21-7-5-17-13-18(30)6-8-19(17)20(21)11-12-25(23,24)3/h6,8,13-14,20-21,23,30H,5,7,9-12H2,1-4H3/b26-14-,27-24-/t20-,21-,23-,25+/m1/s1. The summed E-state index contributed by atoms with van der Waals surface area (Å²) in [7, 11) is 1.97. The molecule has 158 valence electrons. The van der Waals surface area contributed by atoms with E-state index >= 15 is 0 Å². The molecule has 3 aliphatic rings. The highest BCUT2D eigenvalue weighted by Crippen LogP contribution is 2.60. The van der Waals surface area contributed by atoms with Gasteiger partial charge < -0.3 is 5.11 Å². The molecule has 3 aliphatic carbocycles. The molecular formula is C25H32N4O. The molecule has 0 bridgehead atoms. The smallest absolute Gasteiger partial charge is 0.115 e. The van der Waals surface area contributed by atoms with Crippen LogP contribution in [0.5, 0.6) is 5.75 Å². The van der Waals surface area contributed by atoms with E-state index in [2.05, 4.69) is 30.1 Å². The number of aromatic nitrogens is 2. The van der Waals surface area contributed by atoms with Crippen molar-refractivity contribution in [3.63, 3.8) is 0 Å². The number of benzene rings is 1. The molecule has 2 fully saturated rings. The maximum atomic E-state index is 9.88. The number of aryl methyl sites for hydroxylation is 3. The molecule has 0 radical (unpaired) electrons. The van der Waals surface area contributed by atoms with E-state index in [-0.39, 0.29) is 5.41 Å². The van der Waals surface area contributed by atoms with Crippen molar-refractivity contribution in [2.45, 2.75) is 65.2 Å². The molecule has 0 amide bonds. The molecule has 1 aromatic heterocycles. The number of phenolic OH excluding ortho intramolecular Hbond substituents is 1. The summed E-state index contributed by atoms with van der Waals surface area (Å²) in [5.74, 6) is 2.45. The van der Waals surface area contributed by atoms with Gasteiger partial charge in [0.2, 0.25) is 0 Å². The number of phenols is 1. The molecule has 0 unspecified atom stereocenters. The molecule has 2 aromatic rings. The largest absolute Gasteiger partial charge is 0.508 e. The summed E-state index contributed by atoms with van der Waals surface area (Å²) in [5.41, 5.74) is 7.51. The summed E-state index contributed by atoms with van der Waals surface area (Å²) in [4.78, 5) is 0. The summed E-state index contributed by atoms with van der Waals surface area (Å²) in [6, 6.07) is 6.03. The van der Waals surface area contributed by atoms with Crippen molar-refractivity contribution in [3.8, 4) is 5.75 Å². The molecule has 0 aliphatic heterocycles. The number of hydrogen-bond donors (Lipinski definition) is 1. The SMILES string of the molecule is Cc1nn(C)c(C)c1/C=N\N=C1\CC[C@@H]2[C@@H]3CCc4cc(O)ccc4[C@H]3CC[C@]12C. The van der Waals surface area contributed by atoms with Gasteiger partial charge in [0, 0.05) is 29.4 Å². The zero-order chi connectivity index (χ0) is 21.0. The zero-order valence-corrected chi connectivity index (χ0v) is 18.5. The van der Waals surface area contributed by atoms with Crippen LogP contribution in [0.15, 0.2) is 28.4 Å². The average molecular weight is 405 g/mol. The Morgan fingerprint density at radius 2 is 2.03 bits per heavy atom. The maximum absolute atomic E-state index is 9.88. The Kier molecular flexibility index (Phi) is 4.60. The van der Waals surface area contributed by atoms with Crippen LogP contribution in [0.1, 0.15) is 73.0 Å². The summed E-state index contributed by atoms with van der Waals surface area (Å²) in [6.45, 7) is 6.53. The Morgan fingerprint density at radius 3 is 2.80 bits per heavy atom. The first kappa shape index (κ1) is 19.5. The second-order valence-electron chi connectivity index (χ2n) is 9.79. The second kappa shape index (κ2) is 7.07. The van der Waals surface area contributed by atoms with Gasteiger partial charge in [-0.25, -0.2) is 0 Å². The molecular weight excluding hydrogens is 372 g/mol. The fourth-order valence-electron chi connectivity index (χ4n) is 6.65. The minimum atomic E-state index is 0.173. The van der Waals surface area contributed by atoms with Crippen molar-refractivity contribution in [1.82, 2.24) is 9.78 Å². The lowest BCUT2D eigenvalue weighted by Gasteiger charge is -2.49. The molecule has 5 rings (SSSR count). The lowest BCUT2D eigenvalue weighted by molar-refractivity contribution is 0.0955. The van der Waals surface area contributed by atoms with Gasteiger partial charge in [0.25, 0.3) is 0 Å². The van der Waals surface area contributed by atoms with Crippen molar-refractivity contribution in [1.29, 1.82) is 0 Å². The van der Waals surface area contributed by atoms with E-state index in [0.717, 1.165) is 35.7 Å². The summed E-state index contributed by atoms with van der Waals surface area (Å²) in [6.07, 6.45) is 8.88. The molecule has 1 N–H and O–H groups in total. The number of fused-ring (bicyclic) bond motifs is 5. The van der Waals surface area contributed by atoms with Gasteiger partial charge in [-0.2, -0.15) is 15.3 Å². The van der Waals surface area contributed by atoms with Gasteiger partial charge in [-0.1, -0.05) is 13.0 Å². The zero-order valence-electron chi connectivity index (χ0n) is 18.5. The molecule has 1 heterocycles. The van der Waals surface area contributed by atoms with Crippen LogP contribution in [-0.2, 0) is 13.5 Å². The summed E-state index contributed by atoms with van der Waals surface area (Å²) >= 11 is 0. The van der Waals surface area contributed by atoms with E-state index in [9.17, 15) is 5.11 Å². The number of rotatable bonds is 2. The Labute approximate surface area is 178 Å². The van der Waals surface area contributed by atoms with E-state index < -0.39 is 0 Å². The molecule has 30 heavy (non-hydrogen) atoms. The highest BCUT2D eigenvalue weighted by atomic mass is 16.3. The van der Waals surface area contributed by atoms with Crippen LogP contribution >= 0.6 is 0 Å². The van der Waals surface area contributed by atoms with Crippen molar-refractivity contribution >= 4 is 11.9 Å². The molecule has 5 heteroatoms. The number of nitrogens with zero attached hydrogens (tertiary/aromatic N) is 4. The average Bonchev–Trinajstić information content (AvgIpc) is 3.18. The van der Waals surface area contributed by atoms with Crippen LogP contribution in [0.2, 0.25) is 0 Å². The van der Waals surface area contributed by atoms with Gasteiger partial charge in [-0.05, 0) is 93.4 Å². The monoisotopic (exact) mass is 404 g/mol. The minimum Gasteiger partial charge on any atom is -0.508 e. The van der Waals surface area contributed by atoms with Crippen LogP contribution in [-0.4, -0.2) is 26.8 Å². The van der Waals surface area contributed by atoms with Crippen molar-refractivity contribution < 1.29 is 5.11 Å². The highest BCUT2D eigenvalue weighted by molar-refractivity contribution is 5.93. The van der Waals surface area contributed by atoms with Gasteiger partial charge in [0.1, 0.15) is 5.75 Å². The number of hydrogen-bond acceptors (Lipinski definition) is 4. The van der Waals surface area contributed by atoms with Gasteiger partial charge in [-0.3, -0.25) is 4.68 Å². The molecule has 2 saturated carbocycles. The molecule has 5 nitrogen and oxygen atoms in total. The first-order chi connectivity index (χ1) is 14.4. The predicted octanol–water partition coefficient (Wildman–Crippen LogP) is 5.07.